The summed E-state index contributed by atoms with van der Waals surface area (Å²) in [4.78, 5) is 14.3. The lowest BCUT2D eigenvalue weighted by Crippen LogP contribution is -2.19. The molecule has 1 aromatic heterocycles. The lowest BCUT2D eigenvalue weighted by atomic mass is 10.3. The molecule has 1 heterocycles. The number of halogens is 4. The minimum atomic E-state index is -4.91. The summed E-state index contributed by atoms with van der Waals surface area (Å²) in [5.74, 6) is -2.41. The van der Waals surface area contributed by atoms with Crippen molar-refractivity contribution in [3.63, 3.8) is 0 Å². The third-order valence-electron chi connectivity index (χ3n) is 1.54. The Morgan fingerprint density at radius 1 is 1.53 bits per heavy atom. The van der Waals surface area contributed by atoms with Gasteiger partial charge in [-0.05, 0) is 22.6 Å². The van der Waals surface area contributed by atoms with Crippen LogP contribution in [0.4, 0.5) is 13.2 Å². The predicted molar refractivity (Wildman–Crippen MR) is 57.1 cm³/mol. The first-order chi connectivity index (χ1) is 7.74. The van der Waals surface area contributed by atoms with Crippen molar-refractivity contribution in [3.05, 3.63) is 15.3 Å². The number of hydrogen-bond acceptors (Lipinski definition) is 4. The monoisotopic (exact) mass is 363 g/mol. The smallest absolute Gasteiger partial charge is 0.481 e. The molecule has 1 rings (SSSR count). The van der Waals surface area contributed by atoms with Crippen LogP contribution in [0.15, 0.2) is 6.07 Å². The van der Waals surface area contributed by atoms with E-state index in [9.17, 15) is 18.0 Å². The summed E-state index contributed by atoms with van der Waals surface area (Å²) < 4.78 is 44.2. The van der Waals surface area contributed by atoms with Crippen LogP contribution in [0.2, 0.25) is 0 Å². The number of methoxy groups -OCH3 is 1. The van der Waals surface area contributed by atoms with Gasteiger partial charge in [-0.15, -0.1) is 13.2 Å². The molecular formula is C8H5F3INO4. The first-order valence-electron chi connectivity index (χ1n) is 3.98. The zero-order valence-electron chi connectivity index (χ0n) is 8.21. The first kappa shape index (κ1) is 13.8. The van der Waals surface area contributed by atoms with E-state index in [2.05, 4.69) is 14.5 Å². The maximum atomic E-state index is 12.1. The van der Waals surface area contributed by atoms with E-state index >= 15 is 0 Å². The zero-order valence-corrected chi connectivity index (χ0v) is 10.4. The second kappa shape index (κ2) is 4.94. The van der Waals surface area contributed by atoms with Gasteiger partial charge in [0.05, 0.1) is 10.7 Å². The number of nitrogens with zero attached hydrogens (tertiary/aromatic N) is 1. The lowest BCUT2D eigenvalue weighted by molar-refractivity contribution is -0.275. The van der Waals surface area contributed by atoms with E-state index < -0.39 is 23.8 Å². The number of ether oxygens (including phenoxy) is 2. The minimum Gasteiger partial charge on any atom is -0.481 e. The number of rotatable bonds is 3. The summed E-state index contributed by atoms with van der Waals surface area (Å²) in [5, 5.41) is 8.75. The molecule has 0 aromatic carbocycles. The van der Waals surface area contributed by atoms with Crippen LogP contribution in [0.3, 0.4) is 0 Å². The molecule has 5 nitrogen and oxygen atoms in total. The van der Waals surface area contributed by atoms with Gasteiger partial charge in [0.2, 0.25) is 5.88 Å². The Morgan fingerprint density at radius 2 is 2.12 bits per heavy atom. The van der Waals surface area contributed by atoms with Gasteiger partial charge in [-0.25, -0.2) is 9.78 Å². The van der Waals surface area contributed by atoms with Crippen molar-refractivity contribution in [2.24, 2.45) is 0 Å². The van der Waals surface area contributed by atoms with Crippen molar-refractivity contribution in [1.82, 2.24) is 4.98 Å². The summed E-state index contributed by atoms with van der Waals surface area (Å²) in [6.07, 6.45) is -4.91. The summed E-state index contributed by atoms with van der Waals surface area (Å²) in [6.45, 7) is 0. The van der Waals surface area contributed by atoms with Crippen molar-refractivity contribution in [2.75, 3.05) is 7.11 Å². The largest absolute Gasteiger partial charge is 0.573 e. The van der Waals surface area contributed by atoms with E-state index in [1.807, 2.05) is 0 Å². The normalized spacial score (nSPS) is 11.1. The van der Waals surface area contributed by atoms with Crippen LogP contribution in [-0.2, 0) is 0 Å². The fourth-order valence-corrected chi connectivity index (χ4v) is 1.55. The lowest BCUT2D eigenvalue weighted by Gasteiger charge is -2.12. The van der Waals surface area contributed by atoms with Gasteiger partial charge in [0.1, 0.15) is 0 Å². The molecular weight excluding hydrogens is 358 g/mol. The third kappa shape index (κ3) is 3.61. The van der Waals surface area contributed by atoms with Crippen LogP contribution in [0.1, 0.15) is 10.5 Å². The minimum absolute atomic E-state index is 0.256. The first-order valence-corrected chi connectivity index (χ1v) is 5.06. The second-order valence-electron chi connectivity index (χ2n) is 2.68. The summed E-state index contributed by atoms with van der Waals surface area (Å²) in [5.41, 5.74) is -0.566. The van der Waals surface area contributed by atoms with Crippen molar-refractivity contribution in [1.29, 1.82) is 0 Å². The van der Waals surface area contributed by atoms with Crippen LogP contribution in [0.25, 0.3) is 0 Å². The molecule has 0 aliphatic carbocycles. The molecule has 9 heteroatoms. The Morgan fingerprint density at radius 3 is 2.53 bits per heavy atom. The molecule has 1 N–H and O–H groups in total. The summed E-state index contributed by atoms with van der Waals surface area (Å²) >= 11 is 1.41. The highest BCUT2D eigenvalue weighted by Gasteiger charge is 2.33. The molecule has 0 saturated carbocycles. The van der Waals surface area contributed by atoms with Gasteiger partial charge in [0, 0.05) is 6.07 Å². The maximum Gasteiger partial charge on any atom is 0.573 e. The van der Waals surface area contributed by atoms with Crippen molar-refractivity contribution < 1.29 is 32.5 Å². The van der Waals surface area contributed by atoms with E-state index in [0.29, 0.717) is 0 Å². The van der Waals surface area contributed by atoms with Crippen LogP contribution in [-0.4, -0.2) is 29.5 Å². The molecule has 17 heavy (non-hydrogen) atoms. The average Bonchev–Trinajstić information content (AvgIpc) is 2.18. The van der Waals surface area contributed by atoms with E-state index in [-0.39, 0.29) is 9.45 Å². The van der Waals surface area contributed by atoms with Crippen molar-refractivity contribution >= 4 is 28.6 Å². The standard InChI is InChI=1S/C8H5F3INO4/c1-16-4-2-3(17-8(9,10)11)5(12)6(13-4)7(14)15/h2H,1H3,(H,14,15). The van der Waals surface area contributed by atoms with Gasteiger partial charge in [0.25, 0.3) is 0 Å². The Bertz CT molecular complexity index is 449. The number of carboxylic acid groups (broad SMARTS) is 1. The Hall–Kier alpha value is -1.26. The van der Waals surface area contributed by atoms with Gasteiger partial charge in [-0.2, -0.15) is 0 Å². The summed E-state index contributed by atoms with van der Waals surface area (Å²) in [7, 11) is 1.15. The molecule has 0 fully saturated rings. The second-order valence-corrected chi connectivity index (χ2v) is 3.76. The van der Waals surface area contributed by atoms with Gasteiger partial charge < -0.3 is 14.6 Å². The molecule has 0 unspecified atom stereocenters. The Kier molecular flexibility index (Phi) is 4.01. The number of pyridine rings is 1. The quantitative estimate of drug-likeness (QED) is 0.835. The van der Waals surface area contributed by atoms with Gasteiger partial charge in [-0.3, -0.25) is 0 Å². The molecule has 0 amide bonds. The number of carboxylic acids is 1. The number of hydrogen-bond donors (Lipinski definition) is 1. The van der Waals surface area contributed by atoms with E-state index in [1.165, 1.54) is 22.6 Å². The number of carbonyl (C=O) groups is 1. The molecule has 0 bridgehead atoms. The molecule has 1 aromatic rings. The highest BCUT2D eigenvalue weighted by atomic mass is 127. The topological polar surface area (TPSA) is 68.7 Å². The maximum absolute atomic E-state index is 12.1. The number of aromatic carboxylic acids is 1. The zero-order chi connectivity index (χ0) is 13.2. The predicted octanol–water partition coefficient (Wildman–Crippen LogP) is 2.29. The molecule has 0 aliphatic heterocycles. The SMILES string of the molecule is COc1cc(OC(F)(F)F)c(I)c(C(=O)O)n1. The molecule has 0 atom stereocenters. The van der Waals surface area contributed by atoms with Gasteiger partial charge >= 0.3 is 12.3 Å². The number of alkyl halides is 3. The van der Waals surface area contributed by atoms with Crippen molar-refractivity contribution in [3.8, 4) is 11.6 Å². The Labute approximate surface area is 107 Å². The van der Waals surface area contributed by atoms with Crippen LogP contribution >= 0.6 is 22.6 Å². The molecule has 0 saturated heterocycles. The Balaban J connectivity index is 3.29. The van der Waals surface area contributed by atoms with Gasteiger partial charge in [0.15, 0.2) is 11.4 Å². The highest BCUT2D eigenvalue weighted by molar-refractivity contribution is 14.1. The van der Waals surface area contributed by atoms with Crippen LogP contribution < -0.4 is 9.47 Å². The fourth-order valence-electron chi connectivity index (χ4n) is 0.929. The third-order valence-corrected chi connectivity index (χ3v) is 2.58. The molecule has 0 spiro atoms. The fraction of sp³-hybridized carbons (Fsp3) is 0.250. The number of aromatic nitrogens is 1. The van der Waals surface area contributed by atoms with Crippen LogP contribution in [0.5, 0.6) is 11.6 Å². The summed E-state index contributed by atoms with van der Waals surface area (Å²) in [6, 6.07) is 0.863. The van der Waals surface area contributed by atoms with Crippen LogP contribution in [0, 0.1) is 3.57 Å². The molecule has 0 radical (unpaired) electrons. The van der Waals surface area contributed by atoms with E-state index in [1.54, 1.807) is 0 Å². The van der Waals surface area contributed by atoms with E-state index in [0.717, 1.165) is 13.2 Å². The van der Waals surface area contributed by atoms with Gasteiger partial charge in [-0.1, -0.05) is 0 Å². The highest BCUT2D eigenvalue weighted by Crippen LogP contribution is 2.31. The average molecular weight is 363 g/mol. The molecule has 94 valence electrons. The molecule has 0 aliphatic rings. The van der Waals surface area contributed by atoms with Crippen molar-refractivity contribution in [2.45, 2.75) is 6.36 Å². The van der Waals surface area contributed by atoms with E-state index in [4.69, 9.17) is 5.11 Å².